The molecule has 5 fully saturated rings. The summed E-state index contributed by atoms with van der Waals surface area (Å²) in [5.74, 6) is -6.20. The van der Waals surface area contributed by atoms with Gasteiger partial charge in [0.05, 0.1) is 36.1 Å². The van der Waals surface area contributed by atoms with E-state index in [1.165, 1.54) is 13.3 Å². The van der Waals surface area contributed by atoms with Gasteiger partial charge in [0.1, 0.15) is 18.3 Å². The molecule has 1 aromatic carbocycles. The lowest BCUT2D eigenvalue weighted by molar-refractivity contribution is -0.124. The standard InChI is InChI=1S/C62H96N13O14P/c1-29-20-39-40(21-30(29)2)75(28-70-39)57-52(84)53(41(27-76)87-57)89-90(85,86)88-31(3)26-69-49(83)18-19-59(8)37(22-46(66)80)56-62(11)61(10,25-48(68)82)36(14-17-45(65)79)51(74-62)33(5)55-60(9,24-47(67)81)34(12-15-43(63)77)38(71-55)23-42-58(6,7)35(13-16-44(64)78)50(72-42)32(4)54(59)73-56/h20-21,23,28,31,34-38,41,50-53,56-57,71-74,76,84H,12-19,22,24-27H2,1-11H3,(H2,63,77)(H2,64,78)(H2,65,79)(H2,66,80)(H2,67,81)(H2,68,82)(H,69,83)(H,85,86)/b42-23-,54-32-,55-33-/t31-,34-,35-,36-,37+,38?,41-,50?,51-,52-,53-,56-,57+,59-,60+,61+,62+/m1/s1. The van der Waals surface area contributed by atoms with Gasteiger partial charge >= 0.3 is 7.82 Å². The number of amides is 7. The number of hydrogen-bond acceptors (Lipinski definition) is 18. The maximum Gasteiger partial charge on any atom is 0.472 e. The first-order valence-corrected chi connectivity index (χ1v) is 32.6. The Morgan fingerprint density at radius 1 is 0.744 bits per heavy atom. The summed E-state index contributed by atoms with van der Waals surface area (Å²) in [6.07, 6.45) is -3.15. The number of aliphatic hydroxyl groups excluding tert-OH is 2. The van der Waals surface area contributed by atoms with Gasteiger partial charge in [-0.15, -0.1) is 0 Å². The molecule has 6 aliphatic rings. The molecule has 0 saturated carbocycles. The summed E-state index contributed by atoms with van der Waals surface area (Å²) >= 11 is 0. The molecule has 20 N–H and O–H groups in total. The molecular formula is C62H96N13O14P. The lowest BCUT2D eigenvalue weighted by Crippen LogP contribution is -2.64. The predicted octanol–water partition coefficient (Wildman–Crippen LogP) is 1.71. The van der Waals surface area contributed by atoms with Crippen LogP contribution in [0.4, 0.5) is 0 Å². The van der Waals surface area contributed by atoms with Crippen LogP contribution >= 0.6 is 7.82 Å². The third-order valence-electron chi connectivity index (χ3n) is 21.7. The Kier molecular flexibility index (Phi) is 20.0. The summed E-state index contributed by atoms with van der Waals surface area (Å²) in [6.45, 7) is 20.1. The number of primary amides is 6. The Labute approximate surface area is 525 Å². The molecule has 18 atom stereocenters. The number of benzene rings is 1. The van der Waals surface area contributed by atoms with E-state index in [2.05, 4.69) is 51.5 Å². The van der Waals surface area contributed by atoms with Crippen molar-refractivity contribution in [1.82, 2.24) is 36.1 Å². The molecule has 0 spiro atoms. The summed E-state index contributed by atoms with van der Waals surface area (Å²) in [4.78, 5) is 109. The van der Waals surface area contributed by atoms with Crippen molar-refractivity contribution in [3.8, 4) is 0 Å². The molecule has 90 heavy (non-hydrogen) atoms. The number of hydrogen-bond donors (Lipinski definition) is 14. The Balaban J connectivity index is 1.18. The highest BCUT2D eigenvalue weighted by atomic mass is 31.2. The van der Waals surface area contributed by atoms with Crippen molar-refractivity contribution in [3.63, 3.8) is 0 Å². The van der Waals surface area contributed by atoms with Crippen LogP contribution in [-0.4, -0.2) is 133 Å². The van der Waals surface area contributed by atoms with Crippen molar-refractivity contribution >= 4 is 60.2 Å². The van der Waals surface area contributed by atoms with Crippen LogP contribution in [0.2, 0.25) is 0 Å². The highest BCUT2D eigenvalue weighted by Crippen LogP contribution is 2.62. The molecule has 5 saturated heterocycles. The molecule has 6 aliphatic heterocycles. The quantitative estimate of drug-likeness (QED) is 0.0596. The molecule has 8 rings (SSSR count). The summed E-state index contributed by atoms with van der Waals surface area (Å²) in [5, 5.41) is 40.2. The monoisotopic (exact) mass is 1280 g/mol. The fourth-order valence-corrected chi connectivity index (χ4v) is 17.8. The van der Waals surface area contributed by atoms with Gasteiger partial charge in [-0.3, -0.25) is 42.6 Å². The molecular weight excluding hydrogens is 1180 g/mol. The number of rotatable bonds is 26. The highest BCUT2D eigenvalue weighted by Gasteiger charge is 2.68. The molecule has 7 amide bonds. The number of aliphatic hydroxyl groups is 2. The number of nitrogens with zero attached hydrogens (tertiary/aromatic N) is 2. The average molecular weight is 1280 g/mol. The maximum absolute atomic E-state index is 14.4. The number of nitrogens with one attached hydrogen (secondary N) is 5. The van der Waals surface area contributed by atoms with Gasteiger partial charge in [-0.1, -0.05) is 34.6 Å². The van der Waals surface area contributed by atoms with Crippen molar-refractivity contribution in [1.29, 1.82) is 0 Å². The Morgan fingerprint density at radius 2 is 1.32 bits per heavy atom. The molecule has 0 aliphatic carbocycles. The molecule has 1 aromatic heterocycles. The number of aryl methyl sites for hydroxylation is 2. The third kappa shape index (κ3) is 13.2. The van der Waals surface area contributed by atoms with Gasteiger partial charge in [0.2, 0.25) is 41.4 Å². The first kappa shape index (κ1) is 69.4. The fraction of sp³-hybridized carbons (Fsp3) is 0.677. The smallest absolute Gasteiger partial charge is 0.394 e. The molecule has 498 valence electrons. The number of imidazole rings is 1. The third-order valence-corrected chi connectivity index (χ3v) is 22.8. The van der Waals surface area contributed by atoms with Gasteiger partial charge in [-0.2, -0.15) is 0 Å². The number of ether oxygens (including phenoxy) is 1. The number of fused-ring (bicyclic) bond motifs is 10. The SMILES string of the molecule is C/C1=C2/N[C@H]([C@H](CC(N)=O)[C@@]2(C)CCC(=O)NC[C@@H](C)OP(=O)(O)O[C@H]2[C@@H](O)[C@@H](n3cnc4cc(C)c(C)cc43)O[C@@H]2CO)[C@]2(C)N[C@H](/C(C)=C3\NC(/C=C4\NC1[C@@H](CCC(N)=O)C4(C)C)[C@@H](CCC(N)=O)[C@]3(C)CC(N)=O)[C@@H](CCC(N)=O)[C@]2(C)CC(N)=O. The topological polar surface area (TPSA) is 459 Å². The number of phosphoric ester groups is 1. The summed E-state index contributed by atoms with van der Waals surface area (Å²) in [6, 6.07) is 1.17. The van der Waals surface area contributed by atoms with E-state index in [1.54, 1.807) is 4.57 Å². The van der Waals surface area contributed by atoms with Gasteiger partial charge in [0.25, 0.3) is 0 Å². The van der Waals surface area contributed by atoms with E-state index in [0.717, 1.165) is 28.0 Å². The number of aromatic nitrogens is 2. The minimum atomic E-state index is -5.05. The molecule has 7 heterocycles. The molecule has 28 heteroatoms. The number of nitrogens with two attached hydrogens (primary N) is 6. The van der Waals surface area contributed by atoms with Crippen LogP contribution in [0.15, 0.2) is 52.8 Å². The first-order chi connectivity index (χ1) is 41.8. The zero-order valence-electron chi connectivity index (χ0n) is 53.6. The first-order valence-electron chi connectivity index (χ1n) is 31.1. The van der Waals surface area contributed by atoms with E-state index >= 15 is 0 Å². The summed E-state index contributed by atoms with van der Waals surface area (Å²) in [7, 11) is -5.05. The van der Waals surface area contributed by atoms with E-state index in [1.807, 2.05) is 67.5 Å². The van der Waals surface area contributed by atoms with Crippen molar-refractivity contribution < 1.29 is 67.0 Å². The van der Waals surface area contributed by atoms with Crippen LogP contribution in [0, 0.1) is 59.2 Å². The van der Waals surface area contributed by atoms with Gasteiger partial charge in [0.15, 0.2) is 6.23 Å². The maximum atomic E-state index is 14.4. The van der Waals surface area contributed by atoms with E-state index in [4.69, 9.17) is 48.2 Å². The number of phosphoric acid groups is 1. The van der Waals surface area contributed by atoms with E-state index in [-0.39, 0.29) is 76.7 Å². The lowest BCUT2D eigenvalue weighted by atomic mass is 9.56. The normalized spacial score (nSPS) is 36.7. The largest absolute Gasteiger partial charge is 0.472 e. The van der Waals surface area contributed by atoms with Crippen LogP contribution in [0.1, 0.15) is 150 Å². The van der Waals surface area contributed by atoms with Gasteiger partial charge in [-0.05, 0) is 125 Å². The zero-order valence-corrected chi connectivity index (χ0v) is 54.5. The number of carbonyl (C=O) groups excluding carboxylic acids is 7. The average Bonchev–Trinajstić information content (AvgIpc) is 1.53. The second-order valence-electron chi connectivity index (χ2n) is 27.9. The van der Waals surface area contributed by atoms with Crippen LogP contribution < -0.4 is 61.0 Å². The van der Waals surface area contributed by atoms with Crippen molar-refractivity contribution in [2.45, 2.75) is 207 Å². The van der Waals surface area contributed by atoms with E-state index < -0.39 is 156 Å². The molecule has 3 unspecified atom stereocenters. The Hall–Kier alpha value is -6.45. The molecule has 0 radical (unpaired) electrons. The van der Waals surface area contributed by atoms with Crippen LogP contribution in [0.25, 0.3) is 11.0 Å². The second kappa shape index (κ2) is 25.9. The Morgan fingerprint density at radius 3 is 1.91 bits per heavy atom. The molecule has 2 aromatic rings. The Bertz CT molecular complexity index is 3330. The highest BCUT2D eigenvalue weighted by molar-refractivity contribution is 7.47. The van der Waals surface area contributed by atoms with Crippen molar-refractivity contribution in [2.75, 3.05) is 13.2 Å². The zero-order chi connectivity index (χ0) is 66.7. The van der Waals surface area contributed by atoms with Crippen molar-refractivity contribution in [2.24, 2.45) is 79.7 Å². The minimum Gasteiger partial charge on any atom is -0.394 e. The summed E-state index contributed by atoms with van der Waals surface area (Å²) < 4.78 is 32.3. The lowest BCUT2D eigenvalue weighted by Gasteiger charge is -2.49. The fourth-order valence-electron chi connectivity index (χ4n) is 16.7. The van der Waals surface area contributed by atoms with Crippen molar-refractivity contribution in [3.05, 3.63) is 63.9 Å². The van der Waals surface area contributed by atoms with Crippen LogP contribution in [0.5, 0.6) is 0 Å². The van der Waals surface area contributed by atoms with Gasteiger partial charge in [-0.25, -0.2) is 9.55 Å². The minimum absolute atomic E-state index is 0.0183. The number of carbonyl (C=O) groups is 7. The van der Waals surface area contributed by atoms with E-state index in [0.29, 0.717) is 28.8 Å². The molecule has 8 bridgehead atoms. The van der Waals surface area contributed by atoms with Gasteiger partial charge < -0.3 is 85.4 Å². The summed E-state index contributed by atoms with van der Waals surface area (Å²) in [5.41, 5.74) is 37.8. The second-order valence-corrected chi connectivity index (χ2v) is 29.2. The van der Waals surface area contributed by atoms with E-state index in [9.17, 15) is 53.2 Å². The molecule has 27 nitrogen and oxygen atoms in total. The van der Waals surface area contributed by atoms with Gasteiger partial charge in [0, 0.05) is 120 Å². The van der Waals surface area contributed by atoms with Crippen LogP contribution in [-0.2, 0) is 51.9 Å². The predicted molar refractivity (Wildman–Crippen MR) is 332 cm³/mol. The number of allylic oxidation sites excluding steroid dienone is 3. The van der Waals surface area contributed by atoms with Crippen LogP contribution in [0.3, 0.4) is 0 Å².